The first-order chi connectivity index (χ1) is 12.7. The first-order valence-corrected chi connectivity index (χ1v) is 8.12. The van der Waals surface area contributed by atoms with Gasteiger partial charge >= 0.3 is 0 Å². The smallest absolute Gasteiger partial charge is 0.167 e. The molecule has 0 bridgehead atoms. The van der Waals surface area contributed by atoms with E-state index in [2.05, 4.69) is 31.0 Å². The third-order valence-electron chi connectivity index (χ3n) is 4.13. The molecule has 1 fully saturated rings. The summed E-state index contributed by atoms with van der Waals surface area (Å²) in [5.74, 6) is -0.478. The first kappa shape index (κ1) is 16.5. The van der Waals surface area contributed by atoms with Crippen LogP contribution in [0.25, 0.3) is 5.69 Å². The molecule has 3 aromatic rings. The van der Waals surface area contributed by atoms with E-state index in [1.54, 1.807) is 6.07 Å². The molecule has 0 unspecified atom stereocenters. The Hall–Kier alpha value is -2.95. The molecule has 0 radical (unpaired) electrons. The van der Waals surface area contributed by atoms with Crippen molar-refractivity contribution in [2.45, 2.75) is 25.2 Å². The van der Waals surface area contributed by atoms with Gasteiger partial charge in [0.05, 0.1) is 11.9 Å². The average Bonchev–Trinajstić information content (AvgIpc) is 3.33. The standard InChI is InChI=1S/C15H16F2N8O/c16-12-5-11(24-9-19-22-23-24)1-2-15(12)26-8-10-6-20-25(21-10)14-3-4-18-7-13(14)17/h1-2,5-6,9,13-14,18H,3-4,7-8H2/t13-,14-/m1/s1. The van der Waals surface area contributed by atoms with Gasteiger partial charge in [0, 0.05) is 12.6 Å². The Balaban J connectivity index is 1.41. The molecule has 4 rings (SSSR count). The van der Waals surface area contributed by atoms with Crippen molar-refractivity contribution in [1.29, 1.82) is 0 Å². The number of ether oxygens (including phenoxy) is 1. The molecule has 0 saturated carbocycles. The summed E-state index contributed by atoms with van der Waals surface area (Å²) in [6.07, 6.45) is 2.44. The second-order valence-corrected chi connectivity index (χ2v) is 5.89. The van der Waals surface area contributed by atoms with Crippen LogP contribution in [-0.2, 0) is 6.61 Å². The van der Waals surface area contributed by atoms with Gasteiger partial charge < -0.3 is 10.1 Å². The van der Waals surface area contributed by atoms with Crippen LogP contribution in [0.2, 0.25) is 0 Å². The highest BCUT2D eigenvalue weighted by Gasteiger charge is 2.27. The molecule has 1 N–H and O–H groups in total. The van der Waals surface area contributed by atoms with Crippen LogP contribution in [0.5, 0.6) is 5.75 Å². The first-order valence-electron chi connectivity index (χ1n) is 8.12. The molecule has 1 saturated heterocycles. The van der Waals surface area contributed by atoms with Gasteiger partial charge in [0.1, 0.15) is 30.8 Å². The molecular weight excluding hydrogens is 346 g/mol. The van der Waals surface area contributed by atoms with E-state index in [1.165, 1.54) is 34.1 Å². The number of rotatable bonds is 5. The van der Waals surface area contributed by atoms with Crippen LogP contribution in [0.15, 0.2) is 30.7 Å². The summed E-state index contributed by atoms with van der Waals surface area (Å²) in [5.41, 5.74) is 0.977. The van der Waals surface area contributed by atoms with Crippen molar-refractivity contribution in [3.63, 3.8) is 0 Å². The number of piperidine rings is 1. The van der Waals surface area contributed by atoms with Crippen LogP contribution in [0.3, 0.4) is 0 Å². The van der Waals surface area contributed by atoms with E-state index >= 15 is 0 Å². The molecule has 3 heterocycles. The molecule has 0 aliphatic carbocycles. The summed E-state index contributed by atoms with van der Waals surface area (Å²) >= 11 is 0. The number of aromatic nitrogens is 7. The lowest BCUT2D eigenvalue weighted by molar-refractivity contribution is 0.159. The van der Waals surface area contributed by atoms with E-state index < -0.39 is 18.0 Å². The van der Waals surface area contributed by atoms with E-state index in [-0.39, 0.29) is 18.9 Å². The van der Waals surface area contributed by atoms with Crippen LogP contribution >= 0.6 is 0 Å². The van der Waals surface area contributed by atoms with Crippen molar-refractivity contribution in [2.75, 3.05) is 13.1 Å². The van der Waals surface area contributed by atoms with Crippen LogP contribution < -0.4 is 10.1 Å². The zero-order chi connectivity index (χ0) is 17.9. The summed E-state index contributed by atoms with van der Waals surface area (Å²) in [5, 5.41) is 22.0. The fraction of sp³-hybridized carbons (Fsp3) is 0.400. The lowest BCUT2D eigenvalue weighted by Gasteiger charge is -2.25. The van der Waals surface area contributed by atoms with Gasteiger partial charge in [0.25, 0.3) is 0 Å². The van der Waals surface area contributed by atoms with E-state index in [4.69, 9.17) is 4.74 Å². The van der Waals surface area contributed by atoms with E-state index in [0.29, 0.717) is 17.8 Å². The number of hydrogen-bond donors (Lipinski definition) is 1. The lowest BCUT2D eigenvalue weighted by atomic mass is 10.1. The Morgan fingerprint density at radius 2 is 2.27 bits per heavy atom. The average molecular weight is 362 g/mol. The van der Waals surface area contributed by atoms with Gasteiger partial charge in [-0.2, -0.15) is 15.0 Å². The largest absolute Gasteiger partial charge is 0.484 e. The summed E-state index contributed by atoms with van der Waals surface area (Å²) in [4.78, 5) is 1.38. The predicted molar refractivity (Wildman–Crippen MR) is 84.9 cm³/mol. The molecule has 1 aromatic carbocycles. The molecule has 2 atom stereocenters. The highest BCUT2D eigenvalue weighted by Crippen LogP contribution is 2.22. The molecule has 136 valence electrons. The second-order valence-electron chi connectivity index (χ2n) is 5.89. The fourth-order valence-corrected chi connectivity index (χ4v) is 2.78. The molecule has 1 aliphatic rings. The van der Waals surface area contributed by atoms with Crippen molar-refractivity contribution >= 4 is 0 Å². The molecule has 1 aliphatic heterocycles. The Morgan fingerprint density at radius 1 is 1.35 bits per heavy atom. The molecule has 9 nitrogen and oxygen atoms in total. The molecular formula is C15H16F2N8O. The van der Waals surface area contributed by atoms with Crippen LogP contribution in [0.1, 0.15) is 18.2 Å². The zero-order valence-corrected chi connectivity index (χ0v) is 13.7. The Bertz CT molecular complexity index is 868. The van der Waals surface area contributed by atoms with Gasteiger partial charge in [-0.05, 0) is 35.5 Å². The topological polar surface area (TPSA) is 95.6 Å². The molecule has 11 heteroatoms. The Morgan fingerprint density at radius 3 is 3.04 bits per heavy atom. The van der Waals surface area contributed by atoms with Gasteiger partial charge in [0.15, 0.2) is 11.6 Å². The monoisotopic (exact) mass is 362 g/mol. The van der Waals surface area contributed by atoms with Gasteiger partial charge in [-0.25, -0.2) is 13.5 Å². The zero-order valence-electron chi connectivity index (χ0n) is 13.7. The minimum absolute atomic E-state index is 0.0308. The van der Waals surface area contributed by atoms with Crippen LogP contribution in [0, 0.1) is 5.82 Å². The quantitative estimate of drug-likeness (QED) is 0.719. The van der Waals surface area contributed by atoms with E-state index in [0.717, 1.165) is 6.54 Å². The van der Waals surface area contributed by atoms with Gasteiger partial charge in [-0.15, -0.1) is 5.10 Å². The minimum atomic E-state index is -1.04. The maximum Gasteiger partial charge on any atom is 0.167 e. The molecule has 0 amide bonds. The number of nitrogens with zero attached hydrogens (tertiary/aromatic N) is 7. The molecule has 26 heavy (non-hydrogen) atoms. The number of halogens is 2. The van der Waals surface area contributed by atoms with Crippen molar-refractivity contribution in [3.05, 3.63) is 42.2 Å². The van der Waals surface area contributed by atoms with Crippen molar-refractivity contribution < 1.29 is 13.5 Å². The highest BCUT2D eigenvalue weighted by atomic mass is 19.1. The molecule has 0 spiro atoms. The third-order valence-corrected chi connectivity index (χ3v) is 4.13. The lowest BCUT2D eigenvalue weighted by Crippen LogP contribution is -2.40. The highest BCUT2D eigenvalue weighted by molar-refractivity contribution is 5.37. The van der Waals surface area contributed by atoms with Crippen molar-refractivity contribution in [3.8, 4) is 11.4 Å². The summed E-state index contributed by atoms with van der Waals surface area (Å²) < 4.78 is 34.9. The van der Waals surface area contributed by atoms with Gasteiger partial charge in [-0.1, -0.05) is 0 Å². The van der Waals surface area contributed by atoms with E-state index in [1.807, 2.05) is 0 Å². The summed E-state index contributed by atoms with van der Waals surface area (Å²) in [6.45, 7) is 1.04. The summed E-state index contributed by atoms with van der Waals surface area (Å²) in [6, 6.07) is 4.00. The van der Waals surface area contributed by atoms with Crippen LogP contribution in [-0.4, -0.2) is 54.5 Å². The number of alkyl halides is 1. The Labute approximate surface area is 147 Å². The maximum absolute atomic E-state index is 14.2. The van der Waals surface area contributed by atoms with Crippen molar-refractivity contribution in [2.24, 2.45) is 0 Å². The third kappa shape index (κ3) is 3.38. The fourth-order valence-electron chi connectivity index (χ4n) is 2.78. The Kier molecular flexibility index (Phi) is 4.52. The van der Waals surface area contributed by atoms with Crippen molar-refractivity contribution in [1.82, 2.24) is 40.5 Å². The van der Waals surface area contributed by atoms with Gasteiger partial charge in [-0.3, -0.25) is 0 Å². The maximum atomic E-state index is 14.2. The number of nitrogens with one attached hydrogen (secondary N) is 1. The second kappa shape index (κ2) is 7.12. The number of hydrogen-bond acceptors (Lipinski definition) is 7. The number of benzene rings is 1. The SMILES string of the molecule is Fc1cc(-n2cnnn2)ccc1OCc1cnn([C@@H]2CCNC[C@H]2F)n1. The van der Waals surface area contributed by atoms with Crippen LogP contribution in [0.4, 0.5) is 8.78 Å². The number of tetrazole rings is 1. The molecule has 2 aromatic heterocycles. The minimum Gasteiger partial charge on any atom is -0.484 e. The van der Waals surface area contributed by atoms with E-state index in [9.17, 15) is 8.78 Å². The predicted octanol–water partition coefficient (Wildman–Crippen LogP) is 0.844. The normalized spacial score (nSPS) is 20.2. The summed E-state index contributed by atoms with van der Waals surface area (Å²) in [7, 11) is 0. The van der Waals surface area contributed by atoms with Gasteiger partial charge in [0.2, 0.25) is 0 Å².